The zero-order valence-corrected chi connectivity index (χ0v) is 16.0. The predicted molar refractivity (Wildman–Crippen MR) is 94.7 cm³/mol. The van der Waals surface area contributed by atoms with E-state index in [4.69, 9.17) is 9.47 Å². The fourth-order valence-corrected chi connectivity index (χ4v) is 3.82. The number of sulfonamides is 1. The first-order valence-corrected chi connectivity index (χ1v) is 9.20. The lowest BCUT2D eigenvalue weighted by atomic mass is 10.2. The fraction of sp³-hybridized carbons (Fsp3) is 0.375. The molecular formula is C16H21N3O6S. The van der Waals surface area contributed by atoms with E-state index in [0.717, 1.165) is 6.07 Å². The van der Waals surface area contributed by atoms with Gasteiger partial charge in [0.1, 0.15) is 5.56 Å². The second-order valence-electron chi connectivity index (χ2n) is 5.48. The van der Waals surface area contributed by atoms with Crippen molar-refractivity contribution in [2.45, 2.75) is 32.2 Å². The van der Waals surface area contributed by atoms with E-state index in [9.17, 15) is 18.3 Å². The Balaban J connectivity index is 2.58. The van der Waals surface area contributed by atoms with Gasteiger partial charge in [-0.1, -0.05) is 0 Å². The van der Waals surface area contributed by atoms with E-state index in [1.165, 1.54) is 20.3 Å². The number of methoxy groups -OCH3 is 2. The second kappa shape index (κ2) is 7.24. The Morgan fingerprint density at radius 2 is 1.92 bits per heavy atom. The molecule has 0 unspecified atom stereocenters. The summed E-state index contributed by atoms with van der Waals surface area (Å²) in [6.45, 7) is 5.92. The second-order valence-corrected chi connectivity index (χ2v) is 7.16. The summed E-state index contributed by atoms with van der Waals surface area (Å²) in [6.07, 6.45) is 0. The lowest BCUT2D eigenvalue weighted by Crippen LogP contribution is -2.16. The molecule has 0 aliphatic heterocycles. The van der Waals surface area contributed by atoms with Crippen LogP contribution in [0.1, 0.15) is 28.7 Å². The number of carboxylic acids is 1. The summed E-state index contributed by atoms with van der Waals surface area (Å²) < 4.78 is 39.9. The minimum absolute atomic E-state index is 0.00507. The van der Waals surface area contributed by atoms with Gasteiger partial charge in [-0.3, -0.25) is 9.40 Å². The molecule has 1 aromatic carbocycles. The molecule has 0 bridgehead atoms. The maximum Gasteiger partial charge on any atom is 0.339 e. The number of carbonyl (C=O) groups is 1. The Morgan fingerprint density at radius 1 is 1.27 bits per heavy atom. The summed E-state index contributed by atoms with van der Waals surface area (Å²) in [7, 11) is -1.49. The molecule has 0 saturated heterocycles. The first kappa shape index (κ1) is 19.6. The van der Waals surface area contributed by atoms with Gasteiger partial charge in [-0.05, 0) is 26.8 Å². The number of rotatable bonds is 7. The molecule has 0 aliphatic rings. The molecule has 0 spiro atoms. The molecule has 0 aliphatic carbocycles. The maximum atomic E-state index is 12.8. The van der Waals surface area contributed by atoms with E-state index in [-0.39, 0.29) is 22.0 Å². The number of aromatic nitrogens is 2. The van der Waals surface area contributed by atoms with Gasteiger partial charge in [-0.15, -0.1) is 0 Å². The average molecular weight is 383 g/mol. The number of hydrogen-bond acceptors (Lipinski definition) is 6. The molecule has 142 valence electrons. The van der Waals surface area contributed by atoms with Crippen molar-refractivity contribution in [1.29, 1.82) is 0 Å². The van der Waals surface area contributed by atoms with Crippen molar-refractivity contribution >= 4 is 21.7 Å². The number of nitrogens with one attached hydrogen (secondary N) is 1. The highest BCUT2D eigenvalue weighted by Gasteiger charge is 2.25. The van der Waals surface area contributed by atoms with Crippen molar-refractivity contribution in [2.24, 2.45) is 0 Å². The molecule has 10 heteroatoms. The summed E-state index contributed by atoms with van der Waals surface area (Å²) in [5, 5.41) is 13.6. The quantitative estimate of drug-likeness (QED) is 0.750. The van der Waals surface area contributed by atoms with Crippen LogP contribution in [0, 0.1) is 13.8 Å². The van der Waals surface area contributed by atoms with Gasteiger partial charge < -0.3 is 14.6 Å². The zero-order chi connectivity index (χ0) is 19.6. The third-order valence-corrected chi connectivity index (χ3v) is 5.24. The number of aromatic carboxylic acids is 1. The van der Waals surface area contributed by atoms with Crippen LogP contribution in [0.5, 0.6) is 11.5 Å². The van der Waals surface area contributed by atoms with Crippen LogP contribution < -0.4 is 14.2 Å². The van der Waals surface area contributed by atoms with Gasteiger partial charge in [0.05, 0.1) is 36.2 Å². The molecule has 1 heterocycles. The van der Waals surface area contributed by atoms with Crippen LogP contribution >= 0.6 is 0 Å². The van der Waals surface area contributed by atoms with E-state index in [1.54, 1.807) is 18.5 Å². The third kappa shape index (κ3) is 3.45. The summed E-state index contributed by atoms with van der Waals surface area (Å²) in [6, 6.07) is 2.24. The minimum Gasteiger partial charge on any atom is -0.493 e. The normalized spacial score (nSPS) is 11.3. The molecule has 0 saturated carbocycles. The lowest BCUT2D eigenvalue weighted by molar-refractivity contribution is 0.0692. The van der Waals surface area contributed by atoms with Gasteiger partial charge in [0.15, 0.2) is 11.5 Å². The van der Waals surface area contributed by atoms with E-state index in [2.05, 4.69) is 9.82 Å². The molecule has 0 atom stereocenters. The number of benzene rings is 1. The van der Waals surface area contributed by atoms with Crippen LogP contribution in [0.3, 0.4) is 0 Å². The predicted octanol–water partition coefficient (Wildman–Crippen LogP) is 2.04. The van der Waals surface area contributed by atoms with Crippen molar-refractivity contribution in [3.8, 4) is 11.5 Å². The van der Waals surface area contributed by atoms with E-state index >= 15 is 0 Å². The third-order valence-electron chi connectivity index (χ3n) is 3.91. The van der Waals surface area contributed by atoms with Gasteiger partial charge in [-0.25, -0.2) is 13.2 Å². The Morgan fingerprint density at radius 3 is 2.38 bits per heavy atom. The highest BCUT2D eigenvalue weighted by Crippen LogP contribution is 2.35. The fourth-order valence-electron chi connectivity index (χ4n) is 2.60. The molecule has 1 aromatic heterocycles. The summed E-state index contributed by atoms with van der Waals surface area (Å²) in [5.41, 5.74) is 1.22. The van der Waals surface area contributed by atoms with Crippen molar-refractivity contribution in [2.75, 3.05) is 18.9 Å². The Kier molecular flexibility index (Phi) is 5.45. The number of aryl methyl sites for hydroxylation is 2. The smallest absolute Gasteiger partial charge is 0.339 e. The molecule has 2 aromatic rings. The molecule has 9 nitrogen and oxygen atoms in total. The van der Waals surface area contributed by atoms with Gasteiger partial charge in [-0.2, -0.15) is 5.10 Å². The Bertz CT molecular complexity index is 949. The van der Waals surface area contributed by atoms with Crippen LogP contribution in [0.4, 0.5) is 5.69 Å². The monoisotopic (exact) mass is 383 g/mol. The molecule has 0 fully saturated rings. The molecule has 0 radical (unpaired) electrons. The standard InChI is InChI=1S/C16H21N3O6S/c1-6-19-10(3)14(9(2)17-19)18-26(22,23)11-7-12(16(20)21)15(25-5)13(8-11)24-4/h7-8,18H,6H2,1-5H3,(H,20,21). The van der Waals surface area contributed by atoms with E-state index in [1.807, 2.05) is 6.92 Å². The van der Waals surface area contributed by atoms with Crippen molar-refractivity contribution in [3.63, 3.8) is 0 Å². The molecule has 2 rings (SSSR count). The largest absolute Gasteiger partial charge is 0.493 e. The SMILES string of the molecule is CCn1nc(C)c(NS(=O)(=O)c2cc(OC)c(OC)c(C(=O)O)c2)c1C. The number of anilines is 1. The topological polar surface area (TPSA) is 120 Å². The summed E-state index contributed by atoms with van der Waals surface area (Å²) in [5.74, 6) is -1.38. The summed E-state index contributed by atoms with van der Waals surface area (Å²) in [4.78, 5) is 11.2. The van der Waals surface area contributed by atoms with Crippen LogP contribution in [0.2, 0.25) is 0 Å². The van der Waals surface area contributed by atoms with Gasteiger partial charge >= 0.3 is 5.97 Å². The van der Waals surface area contributed by atoms with E-state index < -0.39 is 16.0 Å². The first-order valence-electron chi connectivity index (χ1n) is 7.72. The molecular weight excluding hydrogens is 362 g/mol. The summed E-state index contributed by atoms with van der Waals surface area (Å²) >= 11 is 0. The highest BCUT2D eigenvalue weighted by molar-refractivity contribution is 7.92. The maximum absolute atomic E-state index is 12.8. The van der Waals surface area contributed by atoms with Gasteiger partial charge in [0.25, 0.3) is 10.0 Å². The lowest BCUT2D eigenvalue weighted by Gasteiger charge is -2.14. The van der Waals surface area contributed by atoms with Crippen LogP contribution in [0.25, 0.3) is 0 Å². The van der Waals surface area contributed by atoms with Crippen molar-refractivity contribution in [1.82, 2.24) is 9.78 Å². The zero-order valence-electron chi connectivity index (χ0n) is 15.2. The van der Waals surface area contributed by atoms with Crippen molar-refractivity contribution < 1.29 is 27.8 Å². The average Bonchev–Trinajstić information content (AvgIpc) is 2.87. The number of nitrogens with zero attached hydrogens (tertiary/aromatic N) is 2. The minimum atomic E-state index is -4.07. The van der Waals surface area contributed by atoms with Gasteiger partial charge in [0.2, 0.25) is 0 Å². The van der Waals surface area contributed by atoms with Crippen LogP contribution in [0.15, 0.2) is 17.0 Å². The number of hydrogen-bond donors (Lipinski definition) is 2. The molecule has 2 N–H and O–H groups in total. The number of ether oxygens (including phenoxy) is 2. The first-order chi connectivity index (χ1) is 12.2. The number of carboxylic acid groups (broad SMARTS) is 1. The van der Waals surface area contributed by atoms with Gasteiger partial charge in [0, 0.05) is 12.6 Å². The molecule has 0 amide bonds. The Labute approximate surface area is 151 Å². The van der Waals surface area contributed by atoms with Crippen molar-refractivity contribution in [3.05, 3.63) is 29.1 Å². The van der Waals surface area contributed by atoms with Crippen LogP contribution in [-0.4, -0.2) is 43.5 Å². The Hall–Kier alpha value is -2.75. The molecule has 26 heavy (non-hydrogen) atoms. The van der Waals surface area contributed by atoms with E-state index in [0.29, 0.717) is 23.6 Å². The van der Waals surface area contributed by atoms with Crippen LogP contribution in [-0.2, 0) is 16.6 Å². The highest BCUT2D eigenvalue weighted by atomic mass is 32.2.